The van der Waals surface area contributed by atoms with Crippen molar-refractivity contribution in [1.82, 2.24) is 9.80 Å². The molecule has 0 saturated carbocycles. The summed E-state index contributed by atoms with van der Waals surface area (Å²) in [6.07, 6.45) is -1.32. The summed E-state index contributed by atoms with van der Waals surface area (Å²) in [6, 6.07) is 11.2. The van der Waals surface area contributed by atoms with Gasteiger partial charge in [0.1, 0.15) is 12.4 Å². The average molecular weight is 495 g/mol. The highest BCUT2D eigenvalue weighted by molar-refractivity contribution is 5.43. The molecular weight excluding hydrogens is 457 g/mol. The van der Waals surface area contributed by atoms with Gasteiger partial charge in [-0.25, -0.2) is 0 Å². The average Bonchev–Trinajstić information content (AvgIpc) is 2.83. The molecule has 5 nitrogen and oxygen atoms in total. The summed E-state index contributed by atoms with van der Waals surface area (Å²) < 4.78 is 56.2. The van der Waals surface area contributed by atoms with E-state index in [4.69, 9.17) is 14.2 Å². The molecule has 8 heteroatoms. The number of likely N-dealkylation sites (tertiary alicyclic amines) is 1. The van der Waals surface area contributed by atoms with Crippen molar-refractivity contribution in [3.05, 3.63) is 53.6 Å². The van der Waals surface area contributed by atoms with Crippen LogP contribution in [-0.4, -0.2) is 63.4 Å². The van der Waals surface area contributed by atoms with E-state index in [1.54, 1.807) is 13.2 Å². The van der Waals surface area contributed by atoms with Crippen molar-refractivity contribution in [3.8, 4) is 17.2 Å². The lowest BCUT2D eigenvalue weighted by atomic mass is 9.99. The molecule has 2 aromatic rings. The Balaban J connectivity index is 1.42. The van der Waals surface area contributed by atoms with E-state index < -0.39 is 11.7 Å². The molecule has 0 atom stereocenters. The molecule has 1 aliphatic rings. The molecule has 0 aliphatic carbocycles. The van der Waals surface area contributed by atoms with Crippen molar-refractivity contribution < 1.29 is 27.4 Å². The summed E-state index contributed by atoms with van der Waals surface area (Å²) in [6.45, 7) is 7.69. The van der Waals surface area contributed by atoms with Gasteiger partial charge in [-0.15, -0.1) is 0 Å². The summed E-state index contributed by atoms with van der Waals surface area (Å²) >= 11 is 0. The summed E-state index contributed by atoms with van der Waals surface area (Å²) in [5.41, 5.74) is 0.332. The molecule has 0 bridgehead atoms. The van der Waals surface area contributed by atoms with Crippen molar-refractivity contribution in [1.29, 1.82) is 0 Å². The molecule has 0 unspecified atom stereocenters. The van der Waals surface area contributed by atoms with Gasteiger partial charge in [0.05, 0.1) is 19.3 Å². The first kappa shape index (κ1) is 27.1. The van der Waals surface area contributed by atoms with Crippen LogP contribution in [0.25, 0.3) is 0 Å². The highest BCUT2D eigenvalue weighted by Gasteiger charge is 2.33. The smallest absolute Gasteiger partial charge is 0.419 e. The van der Waals surface area contributed by atoms with Crippen LogP contribution in [0.1, 0.15) is 37.3 Å². The summed E-state index contributed by atoms with van der Waals surface area (Å²) in [5.74, 6) is 2.13. The van der Waals surface area contributed by atoms with Gasteiger partial charge in [0.25, 0.3) is 0 Å². The van der Waals surface area contributed by atoms with Gasteiger partial charge in [0, 0.05) is 19.6 Å². The lowest BCUT2D eigenvalue weighted by Crippen LogP contribution is -2.35. The summed E-state index contributed by atoms with van der Waals surface area (Å²) in [7, 11) is 3.61. The number of rotatable bonds is 12. The third kappa shape index (κ3) is 8.61. The highest BCUT2D eigenvalue weighted by atomic mass is 19.4. The predicted octanol–water partition coefficient (Wildman–Crippen LogP) is 5.73. The normalized spacial score (nSPS) is 15.4. The number of benzene rings is 2. The van der Waals surface area contributed by atoms with Crippen molar-refractivity contribution in [2.24, 2.45) is 5.92 Å². The number of ether oxygens (including phenoxy) is 3. The van der Waals surface area contributed by atoms with Gasteiger partial charge >= 0.3 is 6.18 Å². The van der Waals surface area contributed by atoms with E-state index in [9.17, 15) is 13.2 Å². The number of halogens is 3. The molecule has 1 saturated heterocycles. The van der Waals surface area contributed by atoms with E-state index >= 15 is 0 Å². The van der Waals surface area contributed by atoms with Gasteiger partial charge in [-0.3, -0.25) is 4.90 Å². The van der Waals surface area contributed by atoms with E-state index in [-0.39, 0.29) is 12.4 Å². The third-order valence-electron chi connectivity index (χ3n) is 6.36. The largest absolute Gasteiger partial charge is 0.493 e. The second-order valence-electron chi connectivity index (χ2n) is 9.29. The Labute approximate surface area is 206 Å². The molecule has 0 aromatic heterocycles. The second-order valence-corrected chi connectivity index (χ2v) is 9.29. The molecule has 1 heterocycles. The fourth-order valence-electron chi connectivity index (χ4n) is 4.23. The van der Waals surface area contributed by atoms with Crippen LogP contribution in [-0.2, 0) is 12.7 Å². The molecule has 194 valence electrons. The SMILES string of the molecule is COc1cc(CN(C)CCCOc2ccccc2C(F)(F)F)ccc1OCCN1CCC(C)CC1. The van der Waals surface area contributed by atoms with Crippen LogP contribution in [0.3, 0.4) is 0 Å². The quantitative estimate of drug-likeness (QED) is 0.352. The minimum atomic E-state index is -4.42. The predicted molar refractivity (Wildman–Crippen MR) is 131 cm³/mol. The van der Waals surface area contributed by atoms with Crippen LogP contribution in [0, 0.1) is 5.92 Å². The second kappa shape index (κ2) is 13.0. The first-order chi connectivity index (χ1) is 16.8. The standard InChI is InChI=1S/C27H37F3N2O3/c1-21-11-14-32(15-12-21)16-18-35-25-10-9-22(19-26(25)33-3)20-31(2)13-6-17-34-24-8-5-4-7-23(24)27(28,29)30/h4-5,7-10,19,21H,6,11-18,20H2,1-3H3. The zero-order valence-electron chi connectivity index (χ0n) is 20.9. The van der Waals surface area contributed by atoms with Crippen LogP contribution in [0.15, 0.2) is 42.5 Å². The molecule has 0 spiro atoms. The van der Waals surface area contributed by atoms with Crippen molar-refractivity contribution in [3.63, 3.8) is 0 Å². The number of methoxy groups -OCH3 is 1. The third-order valence-corrected chi connectivity index (χ3v) is 6.36. The molecular formula is C27H37F3N2O3. The minimum Gasteiger partial charge on any atom is -0.493 e. The van der Waals surface area contributed by atoms with Crippen LogP contribution < -0.4 is 14.2 Å². The number of para-hydroxylation sites is 1. The number of hydrogen-bond acceptors (Lipinski definition) is 5. The molecule has 3 rings (SSSR count). The Bertz CT molecular complexity index is 915. The Morgan fingerprint density at radius 3 is 2.40 bits per heavy atom. The zero-order chi connectivity index (χ0) is 25.3. The maximum absolute atomic E-state index is 13.1. The minimum absolute atomic E-state index is 0.127. The van der Waals surface area contributed by atoms with E-state index in [2.05, 4.69) is 16.7 Å². The first-order valence-corrected chi connectivity index (χ1v) is 12.3. The Morgan fingerprint density at radius 2 is 1.69 bits per heavy atom. The van der Waals surface area contributed by atoms with E-state index in [0.29, 0.717) is 31.9 Å². The Kier molecular flexibility index (Phi) is 10.1. The van der Waals surface area contributed by atoms with Gasteiger partial charge < -0.3 is 19.1 Å². The lowest BCUT2D eigenvalue weighted by Gasteiger charge is -2.30. The van der Waals surface area contributed by atoms with Gasteiger partial charge in [-0.05, 0) is 75.1 Å². The fraction of sp³-hybridized carbons (Fsp3) is 0.556. The lowest BCUT2D eigenvalue weighted by molar-refractivity contribution is -0.139. The van der Waals surface area contributed by atoms with Crippen LogP contribution in [0.5, 0.6) is 17.2 Å². The highest BCUT2D eigenvalue weighted by Crippen LogP contribution is 2.36. The number of alkyl halides is 3. The molecule has 2 aromatic carbocycles. The van der Waals surface area contributed by atoms with E-state index in [1.165, 1.54) is 25.0 Å². The molecule has 1 aliphatic heterocycles. The maximum atomic E-state index is 13.1. The van der Waals surface area contributed by atoms with E-state index in [1.807, 2.05) is 25.2 Å². The first-order valence-electron chi connectivity index (χ1n) is 12.3. The van der Waals surface area contributed by atoms with Crippen molar-refractivity contribution in [2.75, 3.05) is 53.6 Å². The fourth-order valence-corrected chi connectivity index (χ4v) is 4.23. The van der Waals surface area contributed by atoms with E-state index in [0.717, 1.165) is 42.9 Å². The van der Waals surface area contributed by atoms with Crippen molar-refractivity contribution >= 4 is 0 Å². The zero-order valence-corrected chi connectivity index (χ0v) is 20.9. The van der Waals surface area contributed by atoms with Crippen LogP contribution >= 0.6 is 0 Å². The summed E-state index contributed by atoms with van der Waals surface area (Å²) in [4.78, 5) is 4.55. The van der Waals surface area contributed by atoms with Gasteiger partial charge in [-0.2, -0.15) is 13.2 Å². The summed E-state index contributed by atoms with van der Waals surface area (Å²) in [5, 5.41) is 0. The number of piperidine rings is 1. The van der Waals surface area contributed by atoms with Crippen LogP contribution in [0.4, 0.5) is 13.2 Å². The Hall–Kier alpha value is -2.45. The van der Waals surface area contributed by atoms with Gasteiger partial charge in [0.15, 0.2) is 11.5 Å². The molecule has 0 amide bonds. The molecule has 1 fully saturated rings. The van der Waals surface area contributed by atoms with Gasteiger partial charge in [0.2, 0.25) is 0 Å². The number of nitrogens with zero attached hydrogens (tertiary/aromatic N) is 2. The Morgan fingerprint density at radius 1 is 0.971 bits per heavy atom. The molecule has 0 radical (unpaired) electrons. The maximum Gasteiger partial charge on any atom is 0.419 e. The molecule has 35 heavy (non-hydrogen) atoms. The van der Waals surface area contributed by atoms with Gasteiger partial charge in [-0.1, -0.05) is 25.1 Å². The monoisotopic (exact) mass is 494 g/mol. The topological polar surface area (TPSA) is 34.2 Å². The van der Waals surface area contributed by atoms with Crippen molar-refractivity contribution in [2.45, 2.75) is 38.9 Å². The number of hydrogen-bond donors (Lipinski definition) is 0. The van der Waals surface area contributed by atoms with Crippen LogP contribution in [0.2, 0.25) is 0 Å². The molecule has 0 N–H and O–H groups in total.